The third kappa shape index (κ3) is 9.38. The molecule has 13 heteroatoms. The molecule has 1 amide bonds. The van der Waals surface area contributed by atoms with Crippen molar-refractivity contribution in [3.8, 4) is 5.75 Å². The van der Waals surface area contributed by atoms with Crippen molar-refractivity contribution in [1.82, 2.24) is 5.32 Å². The summed E-state index contributed by atoms with van der Waals surface area (Å²) in [7, 11) is 0. The Morgan fingerprint density at radius 1 is 1.03 bits per heavy atom. The maximum atomic E-state index is 12.4. The lowest BCUT2D eigenvalue weighted by molar-refractivity contribution is -0.192. The standard InChI is InChI=1S/C19H19N3O5.C2HF3O2/c1-12(22-19(26)15-4-2-13(3-5-15)10-21-20)18(25)14-6-8-16(9-7-14)27-11-17(23)24;3-2(4,5)1(6)7/h2-10,12H,11,20H2,1H3,(H,22,26)(H,23,24);(H,6,7)/t12-;/m0./s1. The summed E-state index contributed by atoms with van der Waals surface area (Å²) in [5.41, 5.74) is 1.53. The molecule has 5 N–H and O–H groups in total. The third-order valence-electron chi connectivity index (χ3n) is 3.88. The molecule has 0 aliphatic rings. The van der Waals surface area contributed by atoms with E-state index in [4.69, 9.17) is 25.6 Å². The Labute approximate surface area is 190 Å². The van der Waals surface area contributed by atoms with E-state index in [9.17, 15) is 27.6 Å². The van der Waals surface area contributed by atoms with Crippen LogP contribution in [0, 0.1) is 0 Å². The Morgan fingerprint density at radius 2 is 1.53 bits per heavy atom. The lowest BCUT2D eigenvalue weighted by atomic mass is 10.0. The molecule has 0 saturated heterocycles. The number of hydrazone groups is 1. The lowest BCUT2D eigenvalue weighted by Gasteiger charge is -2.13. The second-order valence-corrected chi connectivity index (χ2v) is 6.47. The molecule has 0 bridgehead atoms. The Morgan fingerprint density at radius 3 is 1.97 bits per heavy atom. The van der Waals surface area contributed by atoms with Crippen LogP contribution in [0.5, 0.6) is 5.75 Å². The van der Waals surface area contributed by atoms with Gasteiger partial charge in [-0.1, -0.05) is 12.1 Å². The number of carbonyl (C=O) groups excluding carboxylic acids is 2. The van der Waals surface area contributed by atoms with Gasteiger partial charge in [-0.05, 0) is 48.9 Å². The van der Waals surface area contributed by atoms with Gasteiger partial charge in [-0.25, -0.2) is 9.59 Å². The zero-order chi connectivity index (χ0) is 25.9. The summed E-state index contributed by atoms with van der Waals surface area (Å²) >= 11 is 0. The number of halogens is 3. The molecule has 0 aliphatic carbocycles. The van der Waals surface area contributed by atoms with Crippen molar-refractivity contribution >= 4 is 29.8 Å². The maximum absolute atomic E-state index is 12.4. The topological polar surface area (TPSA) is 168 Å². The summed E-state index contributed by atoms with van der Waals surface area (Å²) in [6, 6.07) is 11.9. The maximum Gasteiger partial charge on any atom is 0.490 e. The molecule has 0 spiro atoms. The largest absolute Gasteiger partial charge is 0.490 e. The number of ketones is 1. The minimum Gasteiger partial charge on any atom is -0.482 e. The number of nitrogens with zero attached hydrogens (tertiary/aromatic N) is 1. The molecule has 2 aromatic carbocycles. The molecule has 10 nitrogen and oxygen atoms in total. The highest BCUT2D eigenvalue weighted by Crippen LogP contribution is 2.14. The fourth-order valence-electron chi connectivity index (χ4n) is 2.26. The van der Waals surface area contributed by atoms with E-state index in [1.54, 1.807) is 31.2 Å². The number of nitrogens with one attached hydrogen (secondary N) is 1. The Kier molecular flexibility index (Phi) is 10.2. The summed E-state index contributed by atoms with van der Waals surface area (Å²) in [5.74, 6) is 0.907. The number of Topliss-reactive ketones (excluding diaryl/α,β-unsaturated/α-hetero) is 1. The molecule has 0 aromatic heterocycles. The lowest BCUT2D eigenvalue weighted by Crippen LogP contribution is -2.38. The van der Waals surface area contributed by atoms with Crippen molar-refractivity contribution in [3.05, 3.63) is 65.2 Å². The summed E-state index contributed by atoms with van der Waals surface area (Å²) in [4.78, 5) is 44.1. The van der Waals surface area contributed by atoms with E-state index in [1.807, 2.05) is 0 Å². The molecule has 0 fully saturated rings. The van der Waals surface area contributed by atoms with Gasteiger partial charge in [0, 0.05) is 11.1 Å². The molecule has 1 atom stereocenters. The van der Waals surface area contributed by atoms with Gasteiger partial charge in [-0.3, -0.25) is 9.59 Å². The fraction of sp³-hybridized carbons (Fsp3) is 0.190. The number of nitrogens with two attached hydrogens (primary N) is 1. The van der Waals surface area contributed by atoms with E-state index >= 15 is 0 Å². The molecule has 0 heterocycles. The predicted octanol–water partition coefficient (Wildman–Crippen LogP) is 2.08. The molecule has 2 rings (SSSR count). The molecule has 2 aromatic rings. The molecule has 182 valence electrons. The summed E-state index contributed by atoms with van der Waals surface area (Å²) < 4.78 is 36.8. The van der Waals surface area contributed by atoms with E-state index < -0.39 is 30.8 Å². The van der Waals surface area contributed by atoms with Gasteiger partial charge >= 0.3 is 18.1 Å². The van der Waals surface area contributed by atoms with E-state index in [0.717, 1.165) is 5.56 Å². The number of aliphatic carboxylic acids is 2. The van der Waals surface area contributed by atoms with Crippen LogP contribution in [0.15, 0.2) is 53.6 Å². The number of carboxylic acids is 2. The predicted molar refractivity (Wildman–Crippen MR) is 113 cm³/mol. The molecule has 0 aliphatic heterocycles. The zero-order valence-corrected chi connectivity index (χ0v) is 17.6. The molecular weight excluding hydrogens is 463 g/mol. The highest BCUT2D eigenvalue weighted by atomic mass is 19.4. The van der Waals surface area contributed by atoms with Crippen LogP contribution < -0.4 is 15.9 Å². The van der Waals surface area contributed by atoms with Crippen LogP contribution in [0.1, 0.15) is 33.2 Å². The SMILES string of the molecule is C[C@H](NC(=O)c1ccc(C=NN)cc1)C(=O)c1ccc(OCC(=O)O)cc1.O=C(O)C(F)(F)F. The van der Waals surface area contributed by atoms with Crippen molar-refractivity contribution < 1.29 is 47.3 Å². The van der Waals surface area contributed by atoms with Crippen molar-refractivity contribution in [2.24, 2.45) is 10.9 Å². The second-order valence-electron chi connectivity index (χ2n) is 6.47. The van der Waals surface area contributed by atoms with Crippen LogP contribution in [-0.2, 0) is 9.59 Å². The highest BCUT2D eigenvalue weighted by Gasteiger charge is 2.38. The van der Waals surface area contributed by atoms with Gasteiger partial charge in [0.15, 0.2) is 12.4 Å². The Bertz CT molecular complexity index is 1040. The van der Waals surface area contributed by atoms with Crippen molar-refractivity contribution in [3.63, 3.8) is 0 Å². The van der Waals surface area contributed by atoms with Gasteiger partial charge in [0.1, 0.15) is 5.75 Å². The van der Waals surface area contributed by atoms with Crippen molar-refractivity contribution in [2.75, 3.05) is 6.61 Å². The minimum atomic E-state index is -5.08. The van der Waals surface area contributed by atoms with Gasteiger partial charge in [-0.2, -0.15) is 18.3 Å². The molecule has 0 saturated carbocycles. The summed E-state index contributed by atoms with van der Waals surface area (Å²) in [6.45, 7) is 1.13. The average molecular weight is 483 g/mol. The van der Waals surface area contributed by atoms with Crippen molar-refractivity contribution in [2.45, 2.75) is 19.1 Å². The van der Waals surface area contributed by atoms with Crippen LogP contribution in [0.2, 0.25) is 0 Å². The van der Waals surface area contributed by atoms with Crippen LogP contribution >= 0.6 is 0 Å². The first-order chi connectivity index (χ1) is 15.8. The van der Waals surface area contributed by atoms with Crippen molar-refractivity contribution in [1.29, 1.82) is 0 Å². The monoisotopic (exact) mass is 483 g/mol. The quantitative estimate of drug-likeness (QED) is 0.191. The fourth-order valence-corrected chi connectivity index (χ4v) is 2.26. The number of amides is 1. The van der Waals surface area contributed by atoms with E-state index in [2.05, 4.69) is 10.4 Å². The van der Waals surface area contributed by atoms with E-state index in [0.29, 0.717) is 16.9 Å². The van der Waals surface area contributed by atoms with Gasteiger partial charge in [-0.15, -0.1) is 0 Å². The summed E-state index contributed by atoms with van der Waals surface area (Å²) in [6.07, 6.45) is -3.63. The van der Waals surface area contributed by atoms with Crippen LogP contribution in [0.25, 0.3) is 0 Å². The molecular formula is C21H20F3N3O7. The number of carbonyl (C=O) groups is 4. The average Bonchev–Trinajstić information content (AvgIpc) is 2.78. The summed E-state index contributed by atoms with van der Waals surface area (Å²) in [5, 5.41) is 21.8. The first-order valence-corrected chi connectivity index (χ1v) is 9.28. The first-order valence-electron chi connectivity index (χ1n) is 9.28. The molecule has 0 radical (unpaired) electrons. The normalized spacial score (nSPS) is 11.6. The number of alkyl halides is 3. The van der Waals surface area contributed by atoms with Gasteiger partial charge in [0.05, 0.1) is 12.3 Å². The van der Waals surface area contributed by atoms with Gasteiger partial charge in [0.25, 0.3) is 5.91 Å². The first kappa shape index (κ1) is 27.6. The number of ether oxygens (including phenoxy) is 1. The Hall–Kier alpha value is -4.42. The number of hydrogen-bond acceptors (Lipinski definition) is 7. The van der Waals surface area contributed by atoms with E-state index in [1.165, 1.54) is 30.5 Å². The van der Waals surface area contributed by atoms with Crippen LogP contribution in [-0.4, -0.2) is 58.9 Å². The highest BCUT2D eigenvalue weighted by molar-refractivity contribution is 6.04. The van der Waals surface area contributed by atoms with Crippen LogP contribution in [0.3, 0.4) is 0 Å². The second kappa shape index (κ2) is 12.6. The van der Waals surface area contributed by atoms with Gasteiger partial charge in [0.2, 0.25) is 0 Å². The number of rotatable bonds is 8. The number of hydrogen-bond donors (Lipinski definition) is 4. The molecule has 34 heavy (non-hydrogen) atoms. The zero-order valence-electron chi connectivity index (χ0n) is 17.6. The number of benzene rings is 2. The minimum absolute atomic E-state index is 0.278. The van der Waals surface area contributed by atoms with Crippen LogP contribution in [0.4, 0.5) is 13.2 Å². The molecule has 0 unspecified atom stereocenters. The number of carboxylic acid groups (broad SMARTS) is 2. The third-order valence-corrected chi connectivity index (χ3v) is 3.88. The van der Waals surface area contributed by atoms with E-state index in [-0.39, 0.29) is 11.7 Å². The smallest absolute Gasteiger partial charge is 0.482 e. The Balaban J connectivity index is 0.000000718. The van der Waals surface area contributed by atoms with Gasteiger partial charge < -0.3 is 26.1 Å².